The Morgan fingerprint density at radius 1 is 1.44 bits per heavy atom. The third kappa shape index (κ3) is 2.56. The standard InChI is InChI=1S/C15H20O3/c1-9-4-7-13(16)10(2)5-6-12-11(3)15(17)18-14(12)8-9/h5,8,12-14,16H,3-4,6-7H2,1-2H3/b9-8+,10-5+/t12-,13-,14+/m0/s1. The van der Waals surface area contributed by atoms with E-state index in [-0.39, 0.29) is 18.0 Å². The van der Waals surface area contributed by atoms with Gasteiger partial charge in [0.05, 0.1) is 6.10 Å². The molecule has 3 atom stereocenters. The highest BCUT2D eigenvalue weighted by Crippen LogP contribution is 2.33. The average molecular weight is 248 g/mol. The summed E-state index contributed by atoms with van der Waals surface area (Å²) >= 11 is 0. The molecule has 0 aromatic heterocycles. The summed E-state index contributed by atoms with van der Waals surface area (Å²) in [7, 11) is 0. The molecule has 0 aromatic rings. The van der Waals surface area contributed by atoms with Crippen LogP contribution in [-0.4, -0.2) is 23.3 Å². The number of hydrogen-bond acceptors (Lipinski definition) is 3. The van der Waals surface area contributed by atoms with Crippen LogP contribution in [0.25, 0.3) is 0 Å². The van der Waals surface area contributed by atoms with Crippen molar-refractivity contribution in [1.82, 2.24) is 0 Å². The number of esters is 1. The first-order valence-electron chi connectivity index (χ1n) is 6.41. The molecule has 0 saturated carbocycles. The van der Waals surface area contributed by atoms with Crippen molar-refractivity contribution in [2.45, 2.75) is 45.3 Å². The van der Waals surface area contributed by atoms with Crippen molar-refractivity contribution in [3.05, 3.63) is 35.5 Å². The van der Waals surface area contributed by atoms with E-state index in [1.54, 1.807) is 0 Å². The van der Waals surface area contributed by atoms with Crippen LogP contribution in [0.3, 0.4) is 0 Å². The van der Waals surface area contributed by atoms with Gasteiger partial charge in [0, 0.05) is 11.5 Å². The molecule has 0 unspecified atom stereocenters. The Labute approximate surface area is 108 Å². The summed E-state index contributed by atoms with van der Waals surface area (Å²) < 4.78 is 5.34. The zero-order valence-electron chi connectivity index (χ0n) is 11.0. The van der Waals surface area contributed by atoms with Gasteiger partial charge in [0.2, 0.25) is 0 Å². The lowest BCUT2D eigenvalue weighted by molar-refractivity contribution is -0.137. The van der Waals surface area contributed by atoms with Crippen LogP contribution in [0.15, 0.2) is 35.5 Å². The normalized spacial score (nSPS) is 39.2. The van der Waals surface area contributed by atoms with Crippen LogP contribution < -0.4 is 0 Å². The Bertz CT molecular complexity index is 431. The summed E-state index contributed by atoms with van der Waals surface area (Å²) in [5, 5.41) is 9.96. The first-order chi connectivity index (χ1) is 8.49. The lowest BCUT2D eigenvalue weighted by atomic mass is 9.89. The van der Waals surface area contributed by atoms with Gasteiger partial charge in [-0.1, -0.05) is 18.2 Å². The van der Waals surface area contributed by atoms with Crippen molar-refractivity contribution < 1.29 is 14.6 Å². The Morgan fingerprint density at radius 3 is 2.89 bits per heavy atom. The number of ether oxygens (including phenoxy) is 1. The van der Waals surface area contributed by atoms with E-state index in [0.717, 1.165) is 24.0 Å². The van der Waals surface area contributed by atoms with E-state index in [9.17, 15) is 9.90 Å². The summed E-state index contributed by atoms with van der Waals surface area (Å²) in [6.07, 6.45) is 5.66. The maximum absolute atomic E-state index is 11.6. The van der Waals surface area contributed by atoms with E-state index in [4.69, 9.17) is 4.74 Å². The summed E-state index contributed by atoms with van der Waals surface area (Å²) in [5.41, 5.74) is 2.67. The van der Waals surface area contributed by atoms with Gasteiger partial charge < -0.3 is 9.84 Å². The summed E-state index contributed by atoms with van der Waals surface area (Å²) in [4.78, 5) is 11.6. The topological polar surface area (TPSA) is 46.5 Å². The minimum atomic E-state index is -0.392. The van der Waals surface area contributed by atoms with Crippen LogP contribution in [0, 0.1) is 5.92 Å². The highest BCUT2D eigenvalue weighted by molar-refractivity contribution is 5.91. The fraction of sp³-hybridized carbons (Fsp3) is 0.533. The molecule has 2 aliphatic rings. The molecule has 18 heavy (non-hydrogen) atoms. The van der Waals surface area contributed by atoms with Crippen LogP contribution in [0.1, 0.15) is 33.1 Å². The van der Waals surface area contributed by atoms with Crippen molar-refractivity contribution in [1.29, 1.82) is 0 Å². The number of carbonyl (C=O) groups excluding carboxylic acids is 1. The number of aliphatic hydroxyl groups is 1. The lowest BCUT2D eigenvalue weighted by Crippen LogP contribution is -2.17. The molecule has 0 radical (unpaired) electrons. The van der Waals surface area contributed by atoms with E-state index in [1.807, 2.05) is 26.0 Å². The molecule has 3 nitrogen and oxygen atoms in total. The number of carbonyl (C=O) groups is 1. The largest absolute Gasteiger partial charge is 0.454 e. The van der Waals surface area contributed by atoms with Crippen LogP contribution in [0.5, 0.6) is 0 Å². The lowest BCUT2D eigenvalue weighted by Gasteiger charge is -2.18. The molecule has 1 aliphatic carbocycles. The van der Waals surface area contributed by atoms with E-state index < -0.39 is 6.10 Å². The average Bonchev–Trinajstić information content (AvgIpc) is 2.58. The molecule has 0 spiro atoms. The van der Waals surface area contributed by atoms with Crippen LogP contribution in [0.2, 0.25) is 0 Å². The third-order valence-electron chi connectivity index (χ3n) is 3.83. The number of rotatable bonds is 0. The smallest absolute Gasteiger partial charge is 0.334 e. The summed E-state index contributed by atoms with van der Waals surface area (Å²) in [6.45, 7) is 7.76. The Hall–Kier alpha value is -1.35. The van der Waals surface area contributed by atoms with Crippen LogP contribution in [0.4, 0.5) is 0 Å². The quantitative estimate of drug-likeness (QED) is 0.407. The molecule has 0 aromatic carbocycles. The predicted octanol–water partition coefficient (Wildman–Crippen LogP) is 2.52. The van der Waals surface area contributed by atoms with Gasteiger partial charge in [-0.05, 0) is 44.8 Å². The van der Waals surface area contributed by atoms with Crippen LogP contribution >= 0.6 is 0 Å². The highest BCUT2D eigenvalue weighted by atomic mass is 16.5. The molecular formula is C15H20O3. The van der Waals surface area contributed by atoms with Crippen molar-refractivity contribution in [3.63, 3.8) is 0 Å². The molecule has 1 fully saturated rings. The third-order valence-corrected chi connectivity index (χ3v) is 3.83. The molecule has 1 saturated heterocycles. The SMILES string of the molecule is C=C1C(=O)O[C@@H]2/C=C(\C)CC[C@H](O)/C(C)=C/C[C@@H]12. The zero-order chi connectivity index (χ0) is 13.3. The van der Waals surface area contributed by atoms with E-state index >= 15 is 0 Å². The van der Waals surface area contributed by atoms with Gasteiger partial charge in [-0.2, -0.15) is 0 Å². The zero-order valence-corrected chi connectivity index (χ0v) is 11.0. The number of aliphatic hydroxyl groups excluding tert-OH is 1. The second-order valence-electron chi connectivity index (χ2n) is 5.25. The highest BCUT2D eigenvalue weighted by Gasteiger charge is 2.36. The Kier molecular flexibility index (Phi) is 3.71. The minimum Gasteiger partial charge on any atom is -0.454 e. The second kappa shape index (κ2) is 5.11. The van der Waals surface area contributed by atoms with Gasteiger partial charge in [-0.15, -0.1) is 0 Å². The fourth-order valence-electron chi connectivity index (χ4n) is 2.46. The van der Waals surface area contributed by atoms with E-state index in [1.165, 1.54) is 0 Å². The molecule has 1 aliphatic heterocycles. The number of hydrogen-bond donors (Lipinski definition) is 1. The first-order valence-corrected chi connectivity index (χ1v) is 6.41. The Balaban J connectivity index is 2.28. The van der Waals surface area contributed by atoms with Gasteiger partial charge in [-0.25, -0.2) is 4.79 Å². The van der Waals surface area contributed by atoms with Gasteiger partial charge in [0.25, 0.3) is 0 Å². The Morgan fingerprint density at radius 2 is 2.17 bits per heavy atom. The molecule has 3 heteroatoms. The van der Waals surface area contributed by atoms with E-state index in [2.05, 4.69) is 6.58 Å². The van der Waals surface area contributed by atoms with Crippen LogP contribution in [-0.2, 0) is 9.53 Å². The van der Waals surface area contributed by atoms with Crippen molar-refractivity contribution in [3.8, 4) is 0 Å². The number of allylic oxidation sites excluding steroid dienone is 2. The molecule has 1 heterocycles. The maximum Gasteiger partial charge on any atom is 0.334 e. The van der Waals surface area contributed by atoms with Gasteiger partial charge in [0.1, 0.15) is 6.10 Å². The van der Waals surface area contributed by atoms with Crippen molar-refractivity contribution >= 4 is 5.97 Å². The molecule has 0 amide bonds. The minimum absolute atomic E-state index is 0.00713. The van der Waals surface area contributed by atoms with Gasteiger partial charge in [0.15, 0.2) is 0 Å². The maximum atomic E-state index is 11.6. The monoisotopic (exact) mass is 248 g/mol. The predicted molar refractivity (Wildman–Crippen MR) is 69.9 cm³/mol. The second-order valence-corrected chi connectivity index (χ2v) is 5.25. The van der Waals surface area contributed by atoms with Crippen molar-refractivity contribution in [2.75, 3.05) is 0 Å². The number of fused-ring (bicyclic) bond motifs is 1. The van der Waals surface area contributed by atoms with Crippen molar-refractivity contribution in [2.24, 2.45) is 5.92 Å². The molecule has 0 bridgehead atoms. The fourth-order valence-corrected chi connectivity index (χ4v) is 2.46. The summed E-state index contributed by atoms with van der Waals surface area (Å²) in [5.74, 6) is -0.285. The molecule has 1 N–H and O–H groups in total. The molecular weight excluding hydrogens is 228 g/mol. The first kappa shape index (κ1) is 13.1. The molecule has 98 valence electrons. The van der Waals surface area contributed by atoms with E-state index in [0.29, 0.717) is 12.0 Å². The molecule has 2 rings (SSSR count). The van der Waals surface area contributed by atoms with Gasteiger partial charge >= 0.3 is 5.97 Å². The van der Waals surface area contributed by atoms with Gasteiger partial charge in [-0.3, -0.25) is 0 Å². The summed E-state index contributed by atoms with van der Waals surface area (Å²) in [6, 6.07) is 0.